The number of hydrogen-bond acceptors (Lipinski definition) is 3. The quantitative estimate of drug-likeness (QED) is 0.540. The lowest BCUT2D eigenvalue weighted by atomic mass is 10.2. The number of aliphatic imine (C=N–C) groups is 1. The number of ether oxygens (including phenoxy) is 2. The van der Waals surface area contributed by atoms with Gasteiger partial charge in [-0.3, -0.25) is 4.99 Å². The van der Waals surface area contributed by atoms with E-state index in [0.717, 1.165) is 17.1 Å². The average molecular weight is 201 g/mol. The number of benzene rings is 1. The smallest absolute Gasteiger partial charge is 0.231 e. The lowest BCUT2D eigenvalue weighted by Crippen LogP contribution is -1.92. The highest BCUT2D eigenvalue weighted by Gasteiger charge is 2.12. The van der Waals surface area contributed by atoms with E-state index in [1.807, 2.05) is 18.2 Å². The van der Waals surface area contributed by atoms with E-state index in [2.05, 4.69) is 16.8 Å². The first-order chi connectivity index (χ1) is 7.40. The second kappa shape index (κ2) is 4.52. The summed E-state index contributed by atoms with van der Waals surface area (Å²) in [6.07, 6.45) is 1.78. The number of hydrogen-bond donors (Lipinski definition) is 0. The van der Waals surface area contributed by atoms with Crippen LogP contribution >= 0.6 is 0 Å². The van der Waals surface area contributed by atoms with E-state index in [0.29, 0.717) is 13.3 Å². The second-order valence-corrected chi connectivity index (χ2v) is 3.01. The topological polar surface area (TPSA) is 30.8 Å². The van der Waals surface area contributed by atoms with Gasteiger partial charge in [-0.05, 0) is 30.7 Å². The molecule has 0 radical (unpaired) electrons. The van der Waals surface area contributed by atoms with Crippen molar-refractivity contribution in [2.24, 2.45) is 4.99 Å². The van der Waals surface area contributed by atoms with Gasteiger partial charge in [-0.15, -0.1) is 5.92 Å². The van der Waals surface area contributed by atoms with E-state index >= 15 is 0 Å². The van der Waals surface area contributed by atoms with Crippen LogP contribution in [0.5, 0.6) is 11.5 Å². The Balaban J connectivity index is 2.08. The third-order valence-electron chi connectivity index (χ3n) is 1.98. The van der Waals surface area contributed by atoms with Crippen molar-refractivity contribution in [1.82, 2.24) is 0 Å². The molecular formula is C12H11NO2. The van der Waals surface area contributed by atoms with Gasteiger partial charge in [-0.2, -0.15) is 0 Å². The molecule has 2 rings (SSSR count). The van der Waals surface area contributed by atoms with Crippen molar-refractivity contribution in [2.75, 3.05) is 13.3 Å². The zero-order valence-corrected chi connectivity index (χ0v) is 8.49. The standard InChI is InChI=1S/C12H11NO2/c1-2-3-6-13-8-10-4-5-11-12(7-10)15-9-14-11/h4-5,7-8H,6,9H2,1H3. The number of nitrogens with zero attached hydrogens (tertiary/aromatic N) is 1. The second-order valence-electron chi connectivity index (χ2n) is 3.01. The summed E-state index contributed by atoms with van der Waals surface area (Å²) >= 11 is 0. The van der Waals surface area contributed by atoms with E-state index in [-0.39, 0.29) is 0 Å². The maximum absolute atomic E-state index is 5.25. The molecule has 1 aliphatic rings. The predicted octanol–water partition coefficient (Wildman–Crippen LogP) is 1.86. The van der Waals surface area contributed by atoms with Crippen LogP contribution in [0.1, 0.15) is 12.5 Å². The lowest BCUT2D eigenvalue weighted by molar-refractivity contribution is 0.174. The monoisotopic (exact) mass is 201 g/mol. The van der Waals surface area contributed by atoms with Gasteiger partial charge >= 0.3 is 0 Å². The van der Waals surface area contributed by atoms with Crippen molar-refractivity contribution in [2.45, 2.75) is 6.92 Å². The molecule has 0 N–H and O–H groups in total. The summed E-state index contributed by atoms with van der Waals surface area (Å²) < 4.78 is 10.5. The normalized spacial score (nSPS) is 12.6. The molecule has 76 valence electrons. The van der Waals surface area contributed by atoms with Gasteiger partial charge in [0.05, 0.1) is 6.54 Å². The molecule has 3 nitrogen and oxygen atoms in total. The Kier molecular flexibility index (Phi) is 2.89. The van der Waals surface area contributed by atoms with Crippen LogP contribution < -0.4 is 9.47 Å². The van der Waals surface area contributed by atoms with Gasteiger partial charge in [0.25, 0.3) is 0 Å². The van der Waals surface area contributed by atoms with Crippen molar-refractivity contribution in [3.05, 3.63) is 23.8 Å². The molecule has 0 saturated carbocycles. The molecule has 0 aromatic heterocycles. The van der Waals surface area contributed by atoms with Gasteiger partial charge in [0.1, 0.15) is 0 Å². The molecule has 0 saturated heterocycles. The molecule has 1 heterocycles. The van der Waals surface area contributed by atoms with Crippen LogP contribution in [0.3, 0.4) is 0 Å². The lowest BCUT2D eigenvalue weighted by Gasteiger charge is -1.96. The average Bonchev–Trinajstić information content (AvgIpc) is 2.71. The van der Waals surface area contributed by atoms with Crippen molar-refractivity contribution in [1.29, 1.82) is 0 Å². The van der Waals surface area contributed by atoms with E-state index in [1.54, 1.807) is 13.1 Å². The number of rotatable bonds is 2. The Morgan fingerprint density at radius 3 is 3.13 bits per heavy atom. The first kappa shape index (κ1) is 9.60. The zero-order chi connectivity index (χ0) is 10.5. The Morgan fingerprint density at radius 2 is 2.27 bits per heavy atom. The Morgan fingerprint density at radius 1 is 1.40 bits per heavy atom. The molecule has 0 fully saturated rings. The summed E-state index contributed by atoms with van der Waals surface area (Å²) in [6, 6.07) is 5.73. The minimum atomic E-state index is 0.303. The summed E-state index contributed by atoms with van der Waals surface area (Å²) in [5.41, 5.74) is 0.997. The fraction of sp³-hybridized carbons (Fsp3) is 0.250. The molecule has 0 spiro atoms. The first-order valence-electron chi connectivity index (χ1n) is 4.69. The van der Waals surface area contributed by atoms with Crippen LogP contribution in [0.2, 0.25) is 0 Å². The maximum atomic E-state index is 5.25. The predicted molar refractivity (Wildman–Crippen MR) is 58.5 cm³/mol. The molecule has 1 aromatic rings. The molecule has 0 aliphatic carbocycles. The van der Waals surface area contributed by atoms with E-state index in [1.165, 1.54) is 0 Å². The zero-order valence-electron chi connectivity index (χ0n) is 8.49. The molecule has 1 aliphatic heterocycles. The molecule has 15 heavy (non-hydrogen) atoms. The van der Waals surface area contributed by atoms with Crippen LogP contribution in [-0.4, -0.2) is 19.6 Å². The van der Waals surface area contributed by atoms with Crippen LogP contribution in [0.4, 0.5) is 0 Å². The molecule has 1 aromatic carbocycles. The molecule has 0 bridgehead atoms. The molecule has 3 heteroatoms. The van der Waals surface area contributed by atoms with Gasteiger partial charge in [0, 0.05) is 6.21 Å². The largest absolute Gasteiger partial charge is 0.454 e. The van der Waals surface area contributed by atoms with Crippen LogP contribution in [0.25, 0.3) is 0 Å². The maximum Gasteiger partial charge on any atom is 0.231 e. The minimum Gasteiger partial charge on any atom is -0.454 e. The van der Waals surface area contributed by atoms with Crippen LogP contribution in [0.15, 0.2) is 23.2 Å². The molecule has 0 unspecified atom stereocenters. The molecular weight excluding hydrogens is 190 g/mol. The van der Waals surface area contributed by atoms with E-state index in [4.69, 9.17) is 9.47 Å². The fourth-order valence-electron chi connectivity index (χ4n) is 1.27. The number of fused-ring (bicyclic) bond motifs is 1. The van der Waals surface area contributed by atoms with Gasteiger partial charge in [-0.25, -0.2) is 0 Å². The van der Waals surface area contributed by atoms with Crippen LogP contribution in [0, 0.1) is 11.8 Å². The Bertz CT molecular complexity index is 441. The van der Waals surface area contributed by atoms with Crippen molar-refractivity contribution in [3.8, 4) is 23.3 Å². The summed E-state index contributed by atoms with van der Waals surface area (Å²) in [5.74, 6) is 7.22. The van der Waals surface area contributed by atoms with E-state index < -0.39 is 0 Å². The highest BCUT2D eigenvalue weighted by molar-refractivity contribution is 5.81. The SMILES string of the molecule is CC#CCN=Cc1ccc2c(c1)OCO2. The third-order valence-corrected chi connectivity index (χ3v) is 1.98. The van der Waals surface area contributed by atoms with Crippen LogP contribution in [-0.2, 0) is 0 Å². The Hall–Kier alpha value is -1.95. The summed E-state index contributed by atoms with van der Waals surface area (Å²) in [4.78, 5) is 4.16. The van der Waals surface area contributed by atoms with Gasteiger partial charge in [-0.1, -0.05) is 5.92 Å². The van der Waals surface area contributed by atoms with Gasteiger partial charge < -0.3 is 9.47 Å². The summed E-state index contributed by atoms with van der Waals surface area (Å²) in [7, 11) is 0. The first-order valence-corrected chi connectivity index (χ1v) is 4.69. The van der Waals surface area contributed by atoms with Gasteiger partial charge in [0.2, 0.25) is 6.79 Å². The summed E-state index contributed by atoms with van der Waals surface area (Å²) in [6.45, 7) is 2.64. The summed E-state index contributed by atoms with van der Waals surface area (Å²) in [5, 5.41) is 0. The molecule has 0 amide bonds. The minimum absolute atomic E-state index is 0.303. The third kappa shape index (κ3) is 2.29. The Labute approximate surface area is 88.7 Å². The van der Waals surface area contributed by atoms with Crippen molar-refractivity contribution in [3.63, 3.8) is 0 Å². The highest BCUT2D eigenvalue weighted by Crippen LogP contribution is 2.31. The highest BCUT2D eigenvalue weighted by atomic mass is 16.7. The molecule has 0 atom stereocenters. The fourth-order valence-corrected chi connectivity index (χ4v) is 1.27. The van der Waals surface area contributed by atoms with E-state index in [9.17, 15) is 0 Å². The van der Waals surface area contributed by atoms with Gasteiger partial charge in [0.15, 0.2) is 11.5 Å². The van der Waals surface area contributed by atoms with Crippen molar-refractivity contribution >= 4 is 6.21 Å². The van der Waals surface area contributed by atoms with Crippen molar-refractivity contribution < 1.29 is 9.47 Å².